The minimum absolute atomic E-state index is 0.155. The van der Waals surface area contributed by atoms with E-state index in [0.717, 1.165) is 0 Å². The van der Waals surface area contributed by atoms with Gasteiger partial charge in [-0.25, -0.2) is 0 Å². The molecule has 0 radical (unpaired) electrons. The lowest BCUT2D eigenvalue weighted by Gasteiger charge is -2.22. The van der Waals surface area contributed by atoms with Crippen molar-refractivity contribution in [1.29, 1.82) is 0 Å². The molecule has 1 aliphatic rings. The van der Waals surface area contributed by atoms with Gasteiger partial charge in [0.2, 0.25) is 5.91 Å². The van der Waals surface area contributed by atoms with Crippen LogP contribution in [0.1, 0.15) is 13.8 Å². The summed E-state index contributed by atoms with van der Waals surface area (Å²) in [6.45, 7) is 3.61. The third-order valence-electron chi connectivity index (χ3n) is 2.29. The normalized spacial score (nSPS) is 20.9. The van der Waals surface area contributed by atoms with Crippen molar-refractivity contribution in [3.8, 4) is 0 Å². The zero-order chi connectivity index (χ0) is 11.4. The number of hydrogen-bond donors (Lipinski definition) is 1. The summed E-state index contributed by atoms with van der Waals surface area (Å²) in [6, 6.07) is 0. The Hall–Kier alpha value is -1.58. The Kier molecular flexibility index (Phi) is 3.66. The first-order valence-electron chi connectivity index (χ1n) is 4.89. The molecule has 1 atom stereocenters. The predicted octanol–water partition coefficient (Wildman–Crippen LogP) is 1.26. The van der Waals surface area contributed by atoms with Crippen molar-refractivity contribution in [3.63, 3.8) is 0 Å². The predicted molar refractivity (Wildman–Crippen MR) is 56.0 cm³/mol. The number of carboxylic acid groups (broad SMARTS) is 1. The Bertz CT molecular complexity index is 318. The van der Waals surface area contributed by atoms with Crippen molar-refractivity contribution >= 4 is 11.9 Å². The molecule has 1 heterocycles. The van der Waals surface area contributed by atoms with Crippen LogP contribution in [0.25, 0.3) is 0 Å². The molecule has 1 amide bonds. The van der Waals surface area contributed by atoms with Crippen molar-refractivity contribution in [3.05, 3.63) is 24.4 Å². The molecule has 0 aromatic rings. The lowest BCUT2D eigenvalue weighted by Crippen LogP contribution is -2.36. The number of amides is 1. The molecule has 1 unspecified atom stereocenters. The standard InChI is InChI=1S/C11H15NO3/c1-8(2)9-5-3-4-6-12(11(9)15)7-10(13)14/h3-6,8-9H,7H2,1-2H3,(H,13,14). The molecule has 1 rings (SSSR count). The highest BCUT2D eigenvalue weighted by Gasteiger charge is 2.25. The number of rotatable bonds is 3. The molecule has 0 aliphatic carbocycles. The highest BCUT2D eigenvalue weighted by Crippen LogP contribution is 2.18. The van der Waals surface area contributed by atoms with Gasteiger partial charge in [-0.1, -0.05) is 26.0 Å². The van der Waals surface area contributed by atoms with E-state index >= 15 is 0 Å². The number of aliphatic carboxylic acids is 1. The van der Waals surface area contributed by atoms with Gasteiger partial charge in [-0.15, -0.1) is 0 Å². The summed E-state index contributed by atoms with van der Waals surface area (Å²) in [5.41, 5.74) is 0. The van der Waals surface area contributed by atoms with Crippen molar-refractivity contribution in [2.24, 2.45) is 11.8 Å². The summed E-state index contributed by atoms with van der Waals surface area (Å²) in [5, 5.41) is 8.65. The smallest absolute Gasteiger partial charge is 0.323 e. The molecule has 4 heteroatoms. The molecule has 0 bridgehead atoms. The van der Waals surface area contributed by atoms with Crippen LogP contribution in [0.2, 0.25) is 0 Å². The Labute approximate surface area is 88.9 Å². The van der Waals surface area contributed by atoms with E-state index < -0.39 is 5.97 Å². The number of hydrogen-bond acceptors (Lipinski definition) is 2. The van der Waals surface area contributed by atoms with Crippen molar-refractivity contribution < 1.29 is 14.7 Å². The topological polar surface area (TPSA) is 57.6 Å². The average molecular weight is 209 g/mol. The number of carbonyl (C=O) groups is 2. The monoisotopic (exact) mass is 209 g/mol. The van der Waals surface area contributed by atoms with Crippen LogP contribution in [0.15, 0.2) is 24.4 Å². The van der Waals surface area contributed by atoms with E-state index in [9.17, 15) is 9.59 Å². The van der Waals surface area contributed by atoms with Gasteiger partial charge in [0.15, 0.2) is 0 Å². The zero-order valence-electron chi connectivity index (χ0n) is 8.88. The van der Waals surface area contributed by atoms with Gasteiger partial charge in [-0.3, -0.25) is 9.59 Å². The molecule has 0 saturated heterocycles. The van der Waals surface area contributed by atoms with Crippen LogP contribution in [-0.2, 0) is 9.59 Å². The fourth-order valence-electron chi connectivity index (χ4n) is 1.47. The molecule has 0 aromatic carbocycles. The van der Waals surface area contributed by atoms with Crippen molar-refractivity contribution in [1.82, 2.24) is 4.90 Å². The van der Waals surface area contributed by atoms with E-state index in [4.69, 9.17) is 5.11 Å². The summed E-state index contributed by atoms with van der Waals surface area (Å²) in [6.07, 6.45) is 6.79. The van der Waals surface area contributed by atoms with Gasteiger partial charge >= 0.3 is 5.97 Å². The van der Waals surface area contributed by atoms with E-state index in [1.54, 1.807) is 12.2 Å². The second-order valence-electron chi connectivity index (χ2n) is 3.86. The first-order chi connectivity index (χ1) is 7.02. The molecule has 0 fully saturated rings. The first kappa shape index (κ1) is 11.5. The maximum Gasteiger partial charge on any atom is 0.323 e. The molecule has 82 valence electrons. The minimum atomic E-state index is -1.00. The third-order valence-corrected chi connectivity index (χ3v) is 2.29. The molecule has 1 aliphatic heterocycles. The van der Waals surface area contributed by atoms with E-state index in [1.165, 1.54) is 11.1 Å². The lowest BCUT2D eigenvalue weighted by molar-refractivity contribution is -0.144. The van der Waals surface area contributed by atoms with Gasteiger partial charge in [0, 0.05) is 6.20 Å². The van der Waals surface area contributed by atoms with Crippen molar-refractivity contribution in [2.75, 3.05) is 6.54 Å². The average Bonchev–Trinajstić information content (AvgIpc) is 2.29. The largest absolute Gasteiger partial charge is 0.480 e. The Balaban J connectivity index is 2.82. The van der Waals surface area contributed by atoms with Crippen LogP contribution < -0.4 is 0 Å². The molecule has 0 spiro atoms. The molecular weight excluding hydrogens is 194 g/mol. The summed E-state index contributed by atoms with van der Waals surface area (Å²) in [4.78, 5) is 23.7. The second-order valence-corrected chi connectivity index (χ2v) is 3.86. The molecule has 0 aromatic heterocycles. The van der Waals surface area contributed by atoms with Gasteiger partial charge in [0.05, 0.1) is 5.92 Å². The van der Waals surface area contributed by atoms with Gasteiger partial charge in [0.25, 0.3) is 0 Å². The number of carboxylic acids is 1. The molecule has 15 heavy (non-hydrogen) atoms. The van der Waals surface area contributed by atoms with Gasteiger partial charge < -0.3 is 10.0 Å². The van der Waals surface area contributed by atoms with E-state index in [-0.39, 0.29) is 24.3 Å². The van der Waals surface area contributed by atoms with Gasteiger partial charge in [-0.05, 0) is 12.0 Å². The molecule has 0 saturated carbocycles. The van der Waals surface area contributed by atoms with E-state index in [0.29, 0.717) is 0 Å². The van der Waals surface area contributed by atoms with Gasteiger partial charge in [-0.2, -0.15) is 0 Å². The van der Waals surface area contributed by atoms with Crippen LogP contribution in [0, 0.1) is 11.8 Å². The first-order valence-corrected chi connectivity index (χ1v) is 4.89. The van der Waals surface area contributed by atoms with Crippen LogP contribution in [0.5, 0.6) is 0 Å². The fourth-order valence-corrected chi connectivity index (χ4v) is 1.47. The number of nitrogens with zero attached hydrogens (tertiary/aromatic N) is 1. The number of carbonyl (C=O) groups excluding carboxylic acids is 1. The minimum Gasteiger partial charge on any atom is -0.480 e. The second kappa shape index (κ2) is 4.77. The third kappa shape index (κ3) is 2.94. The zero-order valence-corrected chi connectivity index (χ0v) is 8.88. The maximum absolute atomic E-state index is 11.9. The van der Waals surface area contributed by atoms with E-state index in [2.05, 4.69) is 0 Å². The van der Waals surface area contributed by atoms with Crippen LogP contribution >= 0.6 is 0 Å². The fraction of sp³-hybridized carbons (Fsp3) is 0.455. The summed E-state index contributed by atoms with van der Waals surface area (Å²) >= 11 is 0. The van der Waals surface area contributed by atoms with Crippen LogP contribution in [0.4, 0.5) is 0 Å². The van der Waals surface area contributed by atoms with E-state index in [1.807, 2.05) is 19.9 Å². The Morgan fingerprint density at radius 1 is 1.53 bits per heavy atom. The van der Waals surface area contributed by atoms with Crippen molar-refractivity contribution in [2.45, 2.75) is 13.8 Å². The highest BCUT2D eigenvalue weighted by atomic mass is 16.4. The highest BCUT2D eigenvalue weighted by molar-refractivity contribution is 5.85. The van der Waals surface area contributed by atoms with Gasteiger partial charge in [0.1, 0.15) is 6.54 Å². The maximum atomic E-state index is 11.9. The molecule has 4 nitrogen and oxygen atoms in total. The Morgan fingerprint density at radius 3 is 2.73 bits per heavy atom. The van der Waals surface area contributed by atoms with Crippen LogP contribution in [0.3, 0.4) is 0 Å². The lowest BCUT2D eigenvalue weighted by atomic mass is 9.94. The molecular formula is C11H15NO3. The van der Waals surface area contributed by atoms with Crippen LogP contribution in [-0.4, -0.2) is 28.4 Å². The quantitative estimate of drug-likeness (QED) is 0.761. The Morgan fingerprint density at radius 2 is 2.20 bits per heavy atom. The molecule has 1 N–H and O–H groups in total. The summed E-state index contributed by atoms with van der Waals surface area (Å²) in [5.74, 6) is -1.22. The summed E-state index contributed by atoms with van der Waals surface area (Å²) in [7, 11) is 0. The SMILES string of the molecule is CC(C)C1C=CC=CN(CC(=O)O)C1=O. The number of allylic oxidation sites excluding steroid dienone is 2. The summed E-state index contributed by atoms with van der Waals surface area (Å²) < 4.78 is 0.